The van der Waals surface area contributed by atoms with E-state index in [0.717, 1.165) is 11.1 Å². The Labute approximate surface area is 168 Å². The van der Waals surface area contributed by atoms with E-state index in [1.807, 2.05) is 19.1 Å². The van der Waals surface area contributed by atoms with E-state index in [1.165, 1.54) is 6.92 Å². The number of fused-ring (bicyclic) bond motifs is 1. The first-order chi connectivity index (χ1) is 13.2. The number of carbonyl (C=O) groups is 2. The van der Waals surface area contributed by atoms with Gasteiger partial charge in [0, 0.05) is 35.5 Å². The number of aromatic nitrogens is 2. The second-order valence-corrected chi connectivity index (χ2v) is 8.53. The molecule has 144 valence electrons. The molecule has 1 fully saturated rings. The number of carbonyl (C=O) groups excluding carboxylic acids is 2. The quantitative estimate of drug-likeness (QED) is 0.708. The molecule has 3 aliphatic rings. The molecule has 3 aliphatic carbocycles. The van der Waals surface area contributed by atoms with E-state index < -0.39 is 5.97 Å². The number of hydrogen-bond donors (Lipinski definition) is 0. The molecule has 0 amide bonds. The number of halogens is 1. The minimum Gasteiger partial charge on any atom is -0.430 e. The van der Waals surface area contributed by atoms with Gasteiger partial charge in [-0.1, -0.05) is 25.4 Å². The van der Waals surface area contributed by atoms with Gasteiger partial charge in [-0.25, -0.2) is 9.97 Å². The highest BCUT2D eigenvalue weighted by Crippen LogP contribution is 2.61. The average Bonchev–Trinajstić information content (AvgIpc) is 2.62. The van der Waals surface area contributed by atoms with Crippen LogP contribution in [-0.4, -0.2) is 21.7 Å². The van der Waals surface area contributed by atoms with Gasteiger partial charge in [0.15, 0.2) is 11.6 Å². The zero-order valence-corrected chi connectivity index (χ0v) is 17.0. The number of nitrogens with zero attached hydrogens (tertiary/aromatic N) is 2. The van der Waals surface area contributed by atoms with Crippen molar-refractivity contribution in [2.45, 2.75) is 34.1 Å². The van der Waals surface area contributed by atoms with Crippen LogP contribution in [0.5, 0.6) is 0 Å². The van der Waals surface area contributed by atoms with E-state index in [0.29, 0.717) is 34.3 Å². The summed E-state index contributed by atoms with van der Waals surface area (Å²) < 4.78 is 5.57. The van der Waals surface area contributed by atoms with E-state index in [4.69, 9.17) is 16.3 Å². The van der Waals surface area contributed by atoms with Crippen LogP contribution in [0.4, 0.5) is 0 Å². The molecule has 28 heavy (non-hydrogen) atoms. The third-order valence-corrected chi connectivity index (χ3v) is 6.21. The predicted octanol–water partition coefficient (Wildman–Crippen LogP) is 4.62. The smallest absolute Gasteiger partial charge is 0.307 e. The highest BCUT2D eigenvalue weighted by atomic mass is 35.5. The molecule has 0 unspecified atom stereocenters. The Morgan fingerprint density at radius 3 is 2.50 bits per heavy atom. The Morgan fingerprint density at radius 1 is 1.21 bits per heavy atom. The number of benzene rings is 1. The molecule has 1 aromatic carbocycles. The lowest BCUT2D eigenvalue weighted by Crippen LogP contribution is -2.54. The van der Waals surface area contributed by atoms with Gasteiger partial charge in [-0.2, -0.15) is 0 Å². The Kier molecular flexibility index (Phi) is 4.38. The second kappa shape index (κ2) is 6.52. The van der Waals surface area contributed by atoms with Gasteiger partial charge in [0.2, 0.25) is 0 Å². The largest absolute Gasteiger partial charge is 0.430 e. The fraction of sp³-hybridized carbons (Fsp3) is 0.364. The van der Waals surface area contributed by atoms with E-state index in [-0.39, 0.29) is 23.0 Å². The van der Waals surface area contributed by atoms with Crippen LogP contribution in [0.3, 0.4) is 0 Å². The molecule has 1 aromatic heterocycles. The zero-order valence-electron chi connectivity index (χ0n) is 16.2. The van der Waals surface area contributed by atoms with Gasteiger partial charge >= 0.3 is 5.97 Å². The topological polar surface area (TPSA) is 69.2 Å². The number of allylic oxidation sites excluding steroid dienone is 2. The van der Waals surface area contributed by atoms with Gasteiger partial charge in [-0.05, 0) is 48.6 Å². The second-order valence-electron chi connectivity index (χ2n) is 8.09. The number of ether oxygens (including phenoxy) is 1. The fourth-order valence-corrected chi connectivity index (χ4v) is 4.35. The zero-order chi connectivity index (χ0) is 20.2. The molecule has 0 saturated heterocycles. The molecule has 1 saturated carbocycles. The van der Waals surface area contributed by atoms with Crippen LogP contribution in [0, 0.1) is 24.2 Å². The van der Waals surface area contributed by atoms with Crippen LogP contribution in [0.25, 0.3) is 17.0 Å². The maximum Gasteiger partial charge on any atom is 0.307 e. The van der Waals surface area contributed by atoms with E-state index >= 15 is 0 Å². The summed E-state index contributed by atoms with van der Waals surface area (Å²) in [6, 6.07) is 7.21. The SMILES string of the molecule is CC(=O)OC1=C(c2nc(-c3ccc(Cl)cc3)ncc2C)C(=O)[C@@H]2C[C@H]1C2(C)C. The third-order valence-electron chi connectivity index (χ3n) is 5.96. The van der Waals surface area contributed by atoms with Crippen LogP contribution in [-0.2, 0) is 14.3 Å². The molecular weight excluding hydrogens is 376 g/mol. The molecule has 0 spiro atoms. The summed E-state index contributed by atoms with van der Waals surface area (Å²) >= 11 is 5.97. The van der Waals surface area contributed by atoms with Crippen molar-refractivity contribution in [3.8, 4) is 11.4 Å². The Morgan fingerprint density at radius 2 is 1.89 bits per heavy atom. The van der Waals surface area contributed by atoms with Crippen molar-refractivity contribution in [2.24, 2.45) is 17.3 Å². The Bertz CT molecular complexity index is 1020. The summed E-state index contributed by atoms with van der Waals surface area (Å²) in [6.07, 6.45) is 2.41. The van der Waals surface area contributed by atoms with Gasteiger partial charge in [0.25, 0.3) is 0 Å². The molecule has 5 rings (SSSR count). The van der Waals surface area contributed by atoms with Crippen LogP contribution in [0.2, 0.25) is 5.02 Å². The number of Topliss-reactive ketones (excluding diaryl/α,β-unsaturated/α-hetero) is 1. The number of hydrogen-bond acceptors (Lipinski definition) is 5. The van der Waals surface area contributed by atoms with Crippen molar-refractivity contribution in [3.63, 3.8) is 0 Å². The molecule has 0 radical (unpaired) electrons. The number of ketones is 1. The van der Waals surface area contributed by atoms with Crippen molar-refractivity contribution in [1.29, 1.82) is 0 Å². The summed E-state index contributed by atoms with van der Waals surface area (Å²) in [5.74, 6) is 0.466. The van der Waals surface area contributed by atoms with Crippen LogP contribution < -0.4 is 0 Å². The standard InChI is InChI=1S/C22H21ClN2O3/c1-11-10-24-21(13-5-7-14(23)8-6-13)25-18(11)17-19(27)15-9-16(22(15,3)4)20(17)28-12(2)26/h5-8,10,15-16H,9H2,1-4H3/t15-,16+/m0/s1. The lowest BCUT2D eigenvalue weighted by molar-refractivity contribution is -0.146. The molecule has 2 atom stereocenters. The first-order valence-corrected chi connectivity index (χ1v) is 9.64. The molecule has 0 aliphatic heterocycles. The predicted molar refractivity (Wildman–Crippen MR) is 106 cm³/mol. The average molecular weight is 397 g/mol. The van der Waals surface area contributed by atoms with Crippen molar-refractivity contribution >= 4 is 28.9 Å². The molecule has 2 bridgehead atoms. The van der Waals surface area contributed by atoms with Gasteiger partial charge in [0.1, 0.15) is 5.76 Å². The summed E-state index contributed by atoms with van der Waals surface area (Å²) in [5.41, 5.74) is 2.31. The Balaban J connectivity index is 1.88. The summed E-state index contributed by atoms with van der Waals surface area (Å²) in [5, 5.41) is 0.626. The molecular formula is C22H21ClN2O3. The van der Waals surface area contributed by atoms with Crippen molar-refractivity contribution < 1.29 is 14.3 Å². The fourth-order valence-electron chi connectivity index (χ4n) is 4.23. The van der Waals surface area contributed by atoms with E-state index in [2.05, 4.69) is 23.8 Å². The molecule has 0 N–H and O–H groups in total. The third kappa shape index (κ3) is 2.85. The van der Waals surface area contributed by atoms with Gasteiger partial charge in [0.05, 0.1) is 11.3 Å². The van der Waals surface area contributed by atoms with Crippen LogP contribution in [0.1, 0.15) is 38.4 Å². The molecule has 5 nitrogen and oxygen atoms in total. The lowest BCUT2D eigenvalue weighted by Gasteiger charge is -2.55. The first-order valence-electron chi connectivity index (χ1n) is 9.27. The minimum atomic E-state index is -0.425. The maximum atomic E-state index is 13.3. The van der Waals surface area contributed by atoms with Crippen LogP contribution >= 0.6 is 11.6 Å². The number of aryl methyl sites for hydroxylation is 1. The summed E-state index contributed by atoms with van der Waals surface area (Å²) in [4.78, 5) is 34.1. The lowest BCUT2D eigenvalue weighted by atomic mass is 9.48. The highest BCUT2D eigenvalue weighted by Gasteiger charge is 2.59. The van der Waals surface area contributed by atoms with Gasteiger partial charge in [-0.15, -0.1) is 0 Å². The summed E-state index contributed by atoms with van der Waals surface area (Å²) in [7, 11) is 0. The van der Waals surface area contributed by atoms with Gasteiger partial charge < -0.3 is 4.74 Å². The highest BCUT2D eigenvalue weighted by molar-refractivity contribution is 6.30. The maximum absolute atomic E-state index is 13.3. The van der Waals surface area contributed by atoms with Crippen molar-refractivity contribution in [1.82, 2.24) is 9.97 Å². The molecule has 2 aromatic rings. The van der Waals surface area contributed by atoms with Gasteiger partial charge in [-0.3, -0.25) is 9.59 Å². The van der Waals surface area contributed by atoms with E-state index in [1.54, 1.807) is 18.3 Å². The number of esters is 1. The minimum absolute atomic E-state index is 0.00685. The van der Waals surface area contributed by atoms with Crippen molar-refractivity contribution in [2.75, 3.05) is 0 Å². The molecule has 6 heteroatoms. The molecule has 1 heterocycles. The normalized spacial score (nSPS) is 22.7. The first kappa shape index (κ1) is 18.8. The van der Waals surface area contributed by atoms with Crippen molar-refractivity contribution in [3.05, 3.63) is 52.5 Å². The van der Waals surface area contributed by atoms with E-state index in [9.17, 15) is 9.59 Å². The number of rotatable bonds is 3. The monoisotopic (exact) mass is 396 g/mol. The summed E-state index contributed by atoms with van der Waals surface area (Å²) in [6.45, 7) is 7.32. The van der Waals surface area contributed by atoms with Crippen LogP contribution in [0.15, 0.2) is 36.2 Å². The Hall–Kier alpha value is -2.53.